The fourth-order valence-electron chi connectivity index (χ4n) is 1.95. The lowest BCUT2D eigenvalue weighted by Crippen LogP contribution is -2.32. The van der Waals surface area contributed by atoms with Gasteiger partial charge in [0.05, 0.1) is 12.2 Å². The monoisotopic (exact) mass is 273 g/mol. The van der Waals surface area contributed by atoms with E-state index in [0.29, 0.717) is 18.9 Å². The lowest BCUT2D eigenvalue weighted by Gasteiger charge is -2.23. The fraction of sp³-hybridized carbons (Fsp3) is 0.933. The van der Waals surface area contributed by atoms with E-state index in [1.54, 1.807) is 14.0 Å². The van der Waals surface area contributed by atoms with Gasteiger partial charge in [-0.3, -0.25) is 4.79 Å². The van der Waals surface area contributed by atoms with Crippen molar-refractivity contribution in [2.75, 3.05) is 13.7 Å². The van der Waals surface area contributed by atoms with Crippen LogP contribution in [0.2, 0.25) is 0 Å². The number of carbonyl (C=O) groups excluding carboxylic acids is 1. The standard InChI is InChI=1S/C15H31NO3/c1-6-19-14(17)13(16)10-9-12(2)8-7-11-15(3,4)18-5/h12-13H,6-11,16H2,1-5H3. The maximum atomic E-state index is 11.4. The average Bonchev–Trinajstić information content (AvgIpc) is 2.36. The van der Waals surface area contributed by atoms with Crippen molar-refractivity contribution < 1.29 is 14.3 Å². The predicted molar refractivity (Wildman–Crippen MR) is 77.9 cm³/mol. The molecule has 0 aromatic heterocycles. The van der Waals surface area contributed by atoms with E-state index in [2.05, 4.69) is 20.8 Å². The van der Waals surface area contributed by atoms with Crippen molar-refractivity contribution in [3.05, 3.63) is 0 Å². The molecule has 0 saturated heterocycles. The molecule has 4 heteroatoms. The Morgan fingerprint density at radius 3 is 2.42 bits per heavy atom. The first kappa shape index (κ1) is 18.4. The topological polar surface area (TPSA) is 61.5 Å². The summed E-state index contributed by atoms with van der Waals surface area (Å²) in [5.74, 6) is 0.295. The quantitative estimate of drug-likeness (QED) is 0.622. The van der Waals surface area contributed by atoms with Crippen LogP contribution >= 0.6 is 0 Å². The number of rotatable bonds is 10. The van der Waals surface area contributed by atoms with Crippen LogP contribution in [-0.4, -0.2) is 31.3 Å². The van der Waals surface area contributed by atoms with Crippen molar-refractivity contribution >= 4 is 5.97 Å². The van der Waals surface area contributed by atoms with Crippen LogP contribution in [-0.2, 0) is 14.3 Å². The van der Waals surface area contributed by atoms with Crippen molar-refractivity contribution in [3.8, 4) is 0 Å². The number of ether oxygens (including phenoxy) is 2. The van der Waals surface area contributed by atoms with Gasteiger partial charge >= 0.3 is 5.97 Å². The summed E-state index contributed by atoms with van der Waals surface area (Å²) in [6.45, 7) is 8.61. The molecule has 0 bridgehead atoms. The number of carbonyl (C=O) groups is 1. The third kappa shape index (κ3) is 9.00. The van der Waals surface area contributed by atoms with Crippen LogP contribution < -0.4 is 5.73 Å². The zero-order valence-corrected chi connectivity index (χ0v) is 13.2. The summed E-state index contributed by atoms with van der Waals surface area (Å²) in [5.41, 5.74) is 5.74. The van der Waals surface area contributed by atoms with Crippen molar-refractivity contribution in [1.82, 2.24) is 0 Å². The van der Waals surface area contributed by atoms with Gasteiger partial charge in [-0.2, -0.15) is 0 Å². The number of hydrogen-bond donors (Lipinski definition) is 1. The summed E-state index contributed by atoms with van der Waals surface area (Å²) in [7, 11) is 1.75. The Hall–Kier alpha value is -0.610. The molecule has 0 saturated carbocycles. The molecule has 0 radical (unpaired) electrons. The van der Waals surface area contributed by atoms with E-state index in [-0.39, 0.29) is 11.6 Å². The maximum Gasteiger partial charge on any atom is 0.322 e. The van der Waals surface area contributed by atoms with E-state index in [9.17, 15) is 4.79 Å². The Bertz CT molecular complexity index is 254. The normalized spacial score (nSPS) is 15.1. The molecule has 2 N–H and O–H groups in total. The molecule has 0 rings (SSSR count). The lowest BCUT2D eigenvalue weighted by atomic mass is 9.93. The van der Waals surface area contributed by atoms with Crippen LogP contribution in [0.3, 0.4) is 0 Å². The third-order valence-electron chi connectivity index (χ3n) is 3.59. The third-order valence-corrected chi connectivity index (χ3v) is 3.59. The number of nitrogens with two attached hydrogens (primary N) is 1. The Kier molecular flexibility index (Phi) is 9.02. The minimum Gasteiger partial charge on any atom is -0.465 e. The van der Waals surface area contributed by atoms with Gasteiger partial charge in [0.2, 0.25) is 0 Å². The highest BCUT2D eigenvalue weighted by Crippen LogP contribution is 2.21. The van der Waals surface area contributed by atoms with E-state index < -0.39 is 6.04 Å². The molecular weight excluding hydrogens is 242 g/mol. The second-order valence-corrected chi connectivity index (χ2v) is 5.90. The molecule has 0 heterocycles. The summed E-state index contributed by atoms with van der Waals surface area (Å²) in [6.07, 6.45) is 5.00. The van der Waals surface area contributed by atoms with E-state index in [1.165, 1.54) is 0 Å². The van der Waals surface area contributed by atoms with E-state index in [0.717, 1.165) is 25.7 Å². The van der Waals surface area contributed by atoms with Crippen LogP contribution in [0.25, 0.3) is 0 Å². The van der Waals surface area contributed by atoms with Crippen LogP contribution in [0.4, 0.5) is 0 Å². The van der Waals surface area contributed by atoms with Gasteiger partial charge in [0.1, 0.15) is 6.04 Å². The van der Waals surface area contributed by atoms with Crippen LogP contribution in [0.15, 0.2) is 0 Å². The minimum atomic E-state index is -0.474. The molecule has 0 aliphatic carbocycles. The van der Waals surface area contributed by atoms with Gasteiger partial charge in [-0.15, -0.1) is 0 Å². The fourth-order valence-corrected chi connectivity index (χ4v) is 1.95. The first-order valence-corrected chi connectivity index (χ1v) is 7.29. The Morgan fingerprint density at radius 2 is 1.89 bits per heavy atom. The van der Waals surface area contributed by atoms with Crippen molar-refractivity contribution in [3.63, 3.8) is 0 Å². The summed E-state index contributed by atoms with van der Waals surface area (Å²) in [5, 5.41) is 0. The summed E-state index contributed by atoms with van der Waals surface area (Å²) >= 11 is 0. The Morgan fingerprint density at radius 1 is 1.26 bits per heavy atom. The van der Waals surface area contributed by atoms with Gasteiger partial charge in [-0.05, 0) is 46.0 Å². The van der Waals surface area contributed by atoms with Crippen LogP contribution in [0.1, 0.15) is 59.8 Å². The van der Waals surface area contributed by atoms with E-state index in [1.807, 2.05) is 0 Å². The minimum absolute atomic E-state index is 0.0406. The van der Waals surface area contributed by atoms with Gasteiger partial charge in [-0.25, -0.2) is 0 Å². The van der Waals surface area contributed by atoms with E-state index in [4.69, 9.17) is 15.2 Å². The van der Waals surface area contributed by atoms with Crippen molar-refractivity contribution in [2.45, 2.75) is 71.4 Å². The largest absolute Gasteiger partial charge is 0.465 e. The van der Waals surface area contributed by atoms with Gasteiger partial charge in [-0.1, -0.05) is 19.8 Å². The highest BCUT2D eigenvalue weighted by Gasteiger charge is 2.18. The molecule has 114 valence electrons. The smallest absolute Gasteiger partial charge is 0.322 e. The molecule has 2 unspecified atom stereocenters. The summed E-state index contributed by atoms with van der Waals surface area (Å²) in [4.78, 5) is 11.4. The highest BCUT2D eigenvalue weighted by molar-refractivity contribution is 5.75. The zero-order valence-electron chi connectivity index (χ0n) is 13.2. The molecule has 2 atom stereocenters. The number of esters is 1. The first-order valence-electron chi connectivity index (χ1n) is 7.29. The summed E-state index contributed by atoms with van der Waals surface area (Å²) < 4.78 is 10.3. The Labute approximate surface area is 118 Å². The molecule has 0 aliphatic rings. The van der Waals surface area contributed by atoms with Crippen molar-refractivity contribution in [2.24, 2.45) is 11.7 Å². The molecule has 0 amide bonds. The second-order valence-electron chi connectivity index (χ2n) is 5.90. The molecule has 4 nitrogen and oxygen atoms in total. The summed E-state index contributed by atoms with van der Waals surface area (Å²) in [6, 6.07) is -0.474. The first-order chi connectivity index (χ1) is 8.82. The second kappa shape index (κ2) is 9.32. The van der Waals surface area contributed by atoms with Crippen LogP contribution in [0, 0.1) is 5.92 Å². The van der Waals surface area contributed by atoms with Gasteiger partial charge in [0, 0.05) is 7.11 Å². The highest BCUT2D eigenvalue weighted by atomic mass is 16.5. The zero-order chi connectivity index (χ0) is 14.9. The van der Waals surface area contributed by atoms with Crippen LogP contribution in [0.5, 0.6) is 0 Å². The predicted octanol–water partition coefficient (Wildman–Crippen LogP) is 2.89. The maximum absolute atomic E-state index is 11.4. The number of hydrogen-bond acceptors (Lipinski definition) is 4. The van der Waals surface area contributed by atoms with Crippen molar-refractivity contribution in [1.29, 1.82) is 0 Å². The van der Waals surface area contributed by atoms with E-state index >= 15 is 0 Å². The Balaban J connectivity index is 3.75. The van der Waals surface area contributed by atoms with Gasteiger partial charge in [0.25, 0.3) is 0 Å². The van der Waals surface area contributed by atoms with Gasteiger partial charge in [0.15, 0.2) is 0 Å². The molecular formula is C15H31NO3. The molecule has 19 heavy (non-hydrogen) atoms. The number of methoxy groups -OCH3 is 1. The molecule has 0 fully saturated rings. The lowest BCUT2D eigenvalue weighted by molar-refractivity contribution is -0.144. The molecule has 0 aromatic carbocycles. The average molecular weight is 273 g/mol. The molecule has 0 aliphatic heterocycles. The van der Waals surface area contributed by atoms with Gasteiger partial charge < -0.3 is 15.2 Å². The molecule has 0 aromatic rings. The molecule has 0 spiro atoms. The SMILES string of the molecule is CCOC(=O)C(N)CCC(C)CCCC(C)(C)OC.